The Kier molecular flexibility index (Phi) is 40.8. The zero-order chi connectivity index (χ0) is 40.3. The molecule has 3 unspecified atom stereocenters. The molecule has 0 radical (unpaired) electrons. The molecule has 0 saturated heterocycles. The maximum atomic E-state index is 13.1. The first-order valence-corrected chi connectivity index (χ1v) is 23.0. The Morgan fingerprint density at radius 2 is 0.964 bits per heavy atom. The van der Waals surface area contributed by atoms with Crippen LogP contribution >= 0.6 is 0 Å². The van der Waals surface area contributed by atoms with Gasteiger partial charge in [0.05, 0.1) is 25.2 Å². The third-order valence-electron chi connectivity index (χ3n) is 10.1. The molecule has 0 bridgehead atoms. The molecule has 0 aliphatic carbocycles. The largest absolute Gasteiger partial charge is 0.462 e. The summed E-state index contributed by atoms with van der Waals surface area (Å²) in [5, 5.41) is 23.6. The summed E-state index contributed by atoms with van der Waals surface area (Å²) in [6.45, 7) is 6.30. The van der Waals surface area contributed by atoms with Crippen LogP contribution in [0.3, 0.4) is 0 Å². The number of allylic oxidation sites excluding steroid dienone is 10. The van der Waals surface area contributed by atoms with E-state index in [1.165, 1.54) is 83.5 Å². The summed E-state index contributed by atoms with van der Waals surface area (Å²) in [5.41, 5.74) is 0. The van der Waals surface area contributed by atoms with Crippen LogP contribution in [0.25, 0.3) is 0 Å². The number of rotatable bonds is 40. The number of unbranched alkanes of at least 4 members (excludes halogenated alkanes) is 18. The average Bonchev–Trinajstić information content (AvgIpc) is 3.18. The highest BCUT2D eigenvalue weighted by molar-refractivity contribution is 5.77. The molecule has 6 nitrogen and oxygen atoms in total. The number of hydrogen-bond donors (Lipinski definition) is 3. The summed E-state index contributed by atoms with van der Waals surface area (Å²) in [7, 11) is 0. The van der Waals surface area contributed by atoms with E-state index in [9.17, 15) is 19.8 Å². The van der Waals surface area contributed by atoms with Gasteiger partial charge in [-0.15, -0.1) is 0 Å². The van der Waals surface area contributed by atoms with Crippen molar-refractivity contribution in [2.45, 2.75) is 232 Å². The second-order valence-corrected chi connectivity index (χ2v) is 15.4. The predicted octanol–water partition coefficient (Wildman–Crippen LogP) is 13.3. The number of aliphatic hydroxyl groups excluding tert-OH is 2. The van der Waals surface area contributed by atoms with Crippen LogP contribution < -0.4 is 5.32 Å². The van der Waals surface area contributed by atoms with Crippen LogP contribution in [0.5, 0.6) is 0 Å². The zero-order valence-corrected chi connectivity index (χ0v) is 36.0. The molecule has 0 heterocycles. The summed E-state index contributed by atoms with van der Waals surface area (Å²) in [4.78, 5) is 25.9. The van der Waals surface area contributed by atoms with E-state index in [-0.39, 0.29) is 24.9 Å². The van der Waals surface area contributed by atoms with Crippen LogP contribution in [-0.2, 0) is 14.3 Å². The molecule has 0 aromatic rings. The van der Waals surface area contributed by atoms with E-state index in [4.69, 9.17) is 4.74 Å². The monoisotopic (exact) mass is 770 g/mol. The molecular weight excluding hydrogens is 683 g/mol. The minimum atomic E-state index is -0.794. The minimum absolute atomic E-state index is 0.0537. The highest BCUT2D eigenvalue weighted by atomic mass is 16.5. The van der Waals surface area contributed by atoms with E-state index >= 15 is 0 Å². The van der Waals surface area contributed by atoms with Crippen molar-refractivity contribution in [2.75, 3.05) is 6.61 Å². The van der Waals surface area contributed by atoms with Crippen molar-refractivity contribution in [3.8, 4) is 0 Å². The van der Waals surface area contributed by atoms with Gasteiger partial charge in [0.15, 0.2) is 0 Å². The van der Waals surface area contributed by atoms with E-state index in [2.05, 4.69) is 86.8 Å². The summed E-state index contributed by atoms with van der Waals surface area (Å²) in [6.07, 6.45) is 51.5. The van der Waals surface area contributed by atoms with E-state index in [1.54, 1.807) is 0 Å². The molecule has 0 spiro atoms. The standard InChI is InChI=1S/C49H87NO5/c1-4-7-10-13-16-18-20-22-23-24-25-26-28-30-33-36-39-42-49(54)55-45(40-37-34-31-15-12-9-6-3)43-48(53)50-46(44-51)47(52)41-38-35-32-29-27-21-19-17-14-11-8-5-2/h7,10,16,18,22-23,25-26,30,33,45-47,51-52H,4-6,8-9,11-15,17,19-21,24,27-29,31-32,34-44H2,1-3H3,(H,50,53)/b10-7-,18-16-,23-22-,26-25-,33-30-. The zero-order valence-electron chi connectivity index (χ0n) is 36.0. The first-order valence-electron chi connectivity index (χ1n) is 23.0. The first-order chi connectivity index (χ1) is 27.0. The molecule has 318 valence electrons. The molecule has 0 aliphatic heterocycles. The molecule has 0 aliphatic rings. The van der Waals surface area contributed by atoms with Crippen LogP contribution in [0.2, 0.25) is 0 Å². The van der Waals surface area contributed by atoms with Gasteiger partial charge in [0, 0.05) is 6.42 Å². The molecule has 6 heteroatoms. The van der Waals surface area contributed by atoms with Gasteiger partial charge in [-0.2, -0.15) is 0 Å². The lowest BCUT2D eigenvalue weighted by atomic mass is 10.0. The molecule has 55 heavy (non-hydrogen) atoms. The molecule has 0 aromatic carbocycles. The van der Waals surface area contributed by atoms with Crippen molar-refractivity contribution in [2.24, 2.45) is 0 Å². The van der Waals surface area contributed by atoms with Crippen molar-refractivity contribution >= 4 is 11.9 Å². The number of aliphatic hydroxyl groups is 2. The van der Waals surface area contributed by atoms with Gasteiger partial charge in [-0.3, -0.25) is 9.59 Å². The van der Waals surface area contributed by atoms with Gasteiger partial charge in [0.2, 0.25) is 5.91 Å². The van der Waals surface area contributed by atoms with Crippen LogP contribution in [0.15, 0.2) is 60.8 Å². The number of nitrogens with one attached hydrogen (secondary N) is 1. The molecular formula is C49H87NO5. The highest BCUT2D eigenvalue weighted by Crippen LogP contribution is 2.17. The summed E-state index contributed by atoms with van der Waals surface area (Å²) < 4.78 is 5.85. The summed E-state index contributed by atoms with van der Waals surface area (Å²) in [5.74, 6) is -0.550. The molecule has 3 atom stereocenters. The number of amides is 1. The quantitative estimate of drug-likeness (QED) is 0.0328. The number of ether oxygens (including phenoxy) is 1. The van der Waals surface area contributed by atoms with Crippen molar-refractivity contribution in [1.82, 2.24) is 5.32 Å². The fourth-order valence-electron chi connectivity index (χ4n) is 6.64. The number of esters is 1. The van der Waals surface area contributed by atoms with Crippen LogP contribution in [0.1, 0.15) is 213 Å². The normalized spacial score (nSPS) is 13.9. The number of hydrogen-bond acceptors (Lipinski definition) is 5. The molecule has 0 rings (SSSR count). The minimum Gasteiger partial charge on any atom is -0.462 e. The van der Waals surface area contributed by atoms with Gasteiger partial charge < -0.3 is 20.3 Å². The van der Waals surface area contributed by atoms with Gasteiger partial charge in [0.1, 0.15) is 6.10 Å². The van der Waals surface area contributed by atoms with E-state index in [1.807, 2.05) is 0 Å². The van der Waals surface area contributed by atoms with Gasteiger partial charge in [0.25, 0.3) is 0 Å². The predicted molar refractivity (Wildman–Crippen MR) is 236 cm³/mol. The third-order valence-corrected chi connectivity index (χ3v) is 10.1. The highest BCUT2D eigenvalue weighted by Gasteiger charge is 2.24. The van der Waals surface area contributed by atoms with E-state index in [0.29, 0.717) is 25.7 Å². The molecule has 0 fully saturated rings. The van der Waals surface area contributed by atoms with Gasteiger partial charge >= 0.3 is 5.97 Å². The Morgan fingerprint density at radius 1 is 0.545 bits per heavy atom. The van der Waals surface area contributed by atoms with E-state index < -0.39 is 18.2 Å². The summed E-state index contributed by atoms with van der Waals surface area (Å²) >= 11 is 0. The smallest absolute Gasteiger partial charge is 0.306 e. The van der Waals surface area contributed by atoms with Crippen molar-refractivity contribution in [1.29, 1.82) is 0 Å². The fraction of sp³-hybridized carbons (Fsp3) is 0.755. The van der Waals surface area contributed by atoms with Crippen LogP contribution in [-0.4, -0.2) is 46.9 Å². The SMILES string of the molecule is CC/C=C\C/C=C\C/C=C\C/C=C\C/C=C\CCCC(=O)OC(CCCCCCCCC)CC(=O)NC(CO)C(O)CCCCCCCCCCCCCC. The maximum absolute atomic E-state index is 13.1. The second-order valence-electron chi connectivity index (χ2n) is 15.4. The Bertz CT molecular complexity index is 999. The van der Waals surface area contributed by atoms with E-state index in [0.717, 1.165) is 77.0 Å². The van der Waals surface area contributed by atoms with Crippen molar-refractivity contribution < 1.29 is 24.5 Å². The molecule has 0 aromatic heterocycles. The lowest BCUT2D eigenvalue weighted by molar-refractivity contribution is -0.151. The molecule has 0 saturated carbocycles. The van der Waals surface area contributed by atoms with Gasteiger partial charge in [-0.25, -0.2) is 0 Å². The summed E-state index contributed by atoms with van der Waals surface area (Å²) in [6, 6.07) is -0.710. The Balaban J connectivity index is 4.53. The second kappa shape index (κ2) is 42.7. The lowest BCUT2D eigenvalue weighted by Crippen LogP contribution is -2.46. The van der Waals surface area contributed by atoms with Crippen molar-refractivity contribution in [3.05, 3.63) is 60.8 Å². The van der Waals surface area contributed by atoms with Crippen LogP contribution in [0.4, 0.5) is 0 Å². The maximum Gasteiger partial charge on any atom is 0.306 e. The Morgan fingerprint density at radius 3 is 1.42 bits per heavy atom. The van der Waals surface area contributed by atoms with Crippen LogP contribution in [0, 0.1) is 0 Å². The molecule has 3 N–H and O–H groups in total. The molecule has 1 amide bonds. The number of carbonyl (C=O) groups is 2. The fourth-order valence-corrected chi connectivity index (χ4v) is 6.64. The average molecular weight is 770 g/mol. The first kappa shape index (κ1) is 52.6. The van der Waals surface area contributed by atoms with Crippen molar-refractivity contribution in [3.63, 3.8) is 0 Å². The Hall–Kier alpha value is -2.44. The van der Waals surface area contributed by atoms with Gasteiger partial charge in [-0.05, 0) is 64.2 Å². The third kappa shape index (κ3) is 38.2. The lowest BCUT2D eigenvalue weighted by Gasteiger charge is -2.24. The van der Waals surface area contributed by atoms with Gasteiger partial charge in [-0.1, -0.05) is 197 Å². The topological polar surface area (TPSA) is 95.9 Å². The Labute approximate surface area is 339 Å². The number of carbonyl (C=O) groups excluding carboxylic acids is 2.